The highest BCUT2D eigenvalue weighted by atomic mass is 16.6. The average molecular weight is 154 g/mol. The molecular formula is C9H14O2. The molecule has 2 fully saturated rings. The van der Waals surface area contributed by atoms with Crippen molar-refractivity contribution in [3.8, 4) is 0 Å². The number of hydrogen-bond donors (Lipinski definition) is 0. The first kappa shape index (κ1) is 7.14. The van der Waals surface area contributed by atoms with E-state index >= 15 is 0 Å². The third kappa shape index (κ3) is 0.652. The molecule has 0 amide bonds. The number of carbonyl (C=O) groups excluding carboxylic acids is 1. The highest BCUT2D eigenvalue weighted by Gasteiger charge is 2.70. The van der Waals surface area contributed by atoms with E-state index in [1.54, 1.807) is 0 Å². The molecule has 1 heterocycles. The van der Waals surface area contributed by atoms with E-state index in [0.29, 0.717) is 11.8 Å². The lowest BCUT2D eigenvalue weighted by Gasteiger charge is -2.12. The van der Waals surface area contributed by atoms with Gasteiger partial charge in [-0.1, -0.05) is 13.8 Å². The summed E-state index contributed by atoms with van der Waals surface area (Å²) in [6.07, 6.45) is 1.23. The molecule has 0 radical (unpaired) electrons. The average Bonchev–Trinajstić information content (AvgIpc) is 2.56. The highest BCUT2D eigenvalue weighted by Crippen LogP contribution is 2.64. The molecular weight excluding hydrogens is 140 g/mol. The SMILES string of the molecule is CC(C)[C@]12C[C@H]1[C@@H](C)OC2=O. The smallest absolute Gasteiger partial charge is 0.313 e. The topological polar surface area (TPSA) is 26.3 Å². The molecule has 2 nitrogen and oxygen atoms in total. The minimum Gasteiger partial charge on any atom is -0.462 e. The number of fused-ring (bicyclic) bond motifs is 1. The normalized spacial score (nSPS) is 47.5. The predicted molar refractivity (Wildman–Crippen MR) is 40.9 cm³/mol. The van der Waals surface area contributed by atoms with E-state index in [1.807, 2.05) is 6.92 Å². The Hall–Kier alpha value is -0.530. The third-order valence-electron chi connectivity index (χ3n) is 3.33. The summed E-state index contributed by atoms with van der Waals surface area (Å²) in [5.41, 5.74) is -0.0700. The van der Waals surface area contributed by atoms with Crippen molar-refractivity contribution in [2.24, 2.45) is 17.3 Å². The van der Waals surface area contributed by atoms with Gasteiger partial charge in [-0.05, 0) is 19.3 Å². The van der Waals surface area contributed by atoms with E-state index in [0.717, 1.165) is 6.42 Å². The fourth-order valence-electron chi connectivity index (χ4n) is 2.38. The predicted octanol–water partition coefficient (Wildman–Crippen LogP) is 1.59. The van der Waals surface area contributed by atoms with Gasteiger partial charge in [0, 0.05) is 5.92 Å². The third-order valence-corrected chi connectivity index (χ3v) is 3.33. The van der Waals surface area contributed by atoms with Crippen LogP contribution < -0.4 is 0 Å². The molecule has 1 aliphatic carbocycles. The molecule has 3 atom stereocenters. The van der Waals surface area contributed by atoms with Gasteiger partial charge in [-0.2, -0.15) is 0 Å². The molecule has 0 spiro atoms. The van der Waals surface area contributed by atoms with E-state index in [4.69, 9.17) is 4.74 Å². The molecule has 1 aliphatic heterocycles. The van der Waals surface area contributed by atoms with Crippen molar-refractivity contribution < 1.29 is 9.53 Å². The maximum atomic E-state index is 11.4. The van der Waals surface area contributed by atoms with Gasteiger partial charge >= 0.3 is 5.97 Å². The van der Waals surface area contributed by atoms with E-state index < -0.39 is 0 Å². The summed E-state index contributed by atoms with van der Waals surface area (Å²) in [7, 11) is 0. The van der Waals surface area contributed by atoms with Gasteiger partial charge in [0.25, 0.3) is 0 Å². The van der Waals surface area contributed by atoms with Gasteiger partial charge in [0.15, 0.2) is 0 Å². The maximum Gasteiger partial charge on any atom is 0.313 e. The van der Waals surface area contributed by atoms with Crippen molar-refractivity contribution in [2.75, 3.05) is 0 Å². The molecule has 0 bridgehead atoms. The van der Waals surface area contributed by atoms with Crippen LogP contribution in [-0.2, 0) is 9.53 Å². The lowest BCUT2D eigenvalue weighted by atomic mass is 9.90. The van der Waals surface area contributed by atoms with Gasteiger partial charge in [0.2, 0.25) is 0 Å². The van der Waals surface area contributed by atoms with Crippen LogP contribution in [0.4, 0.5) is 0 Å². The standard InChI is InChI=1S/C9H14O2/c1-5(2)9-4-7(9)6(3)11-8(9)10/h5-7H,4H2,1-3H3/t6-,7+,9-/m1/s1. The molecule has 0 N–H and O–H groups in total. The molecule has 0 unspecified atom stereocenters. The monoisotopic (exact) mass is 154 g/mol. The lowest BCUT2D eigenvalue weighted by Crippen LogP contribution is -2.20. The van der Waals surface area contributed by atoms with Crippen LogP contribution in [0.15, 0.2) is 0 Å². The van der Waals surface area contributed by atoms with Crippen LogP contribution >= 0.6 is 0 Å². The van der Waals surface area contributed by atoms with Crippen LogP contribution in [0.25, 0.3) is 0 Å². The van der Waals surface area contributed by atoms with E-state index in [1.165, 1.54) is 0 Å². The Morgan fingerprint density at radius 2 is 2.27 bits per heavy atom. The Balaban J connectivity index is 2.26. The molecule has 1 saturated carbocycles. The largest absolute Gasteiger partial charge is 0.462 e. The summed E-state index contributed by atoms with van der Waals surface area (Å²) < 4.78 is 5.15. The Morgan fingerprint density at radius 1 is 1.64 bits per heavy atom. The summed E-state index contributed by atoms with van der Waals surface area (Å²) in [5.74, 6) is 1.02. The molecule has 11 heavy (non-hydrogen) atoms. The molecule has 0 aromatic carbocycles. The fraction of sp³-hybridized carbons (Fsp3) is 0.889. The Labute approximate surface area is 66.9 Å². The summed E-state index contributed by atoms with van der Waals surface area (Å²) in [4.78, 5) is 11.4. The zero-order valence-electron chi connectivity index (χ0n) is 7.26. The van der Waals surface area contributed by atoms with Crippen LogP contribution in [-0.4, -0.2) is 12.1 Å². The van der Waals surface area contributed by atoms with Crippen LogP contribution in [0.5, 0.6) is 0 Å². The highest BCUT2D eigenvalue weighted by molar-refractivity contribution is 5.84. The van der Waals surface area contributed by atoms with Crippen LogP contribution in [0, 0.1) is 17.3 Å². The van der Waals surface area contributed by atoms with Crippen molar-refractivity contribution >= 4 is 5.97 Å². The van der Waals surface area contributed by atoms with Gasteiger partial charge in [-0.25, -0.2) is 0 Å². The van der Waals surface area contributed by atoms with Crippen LogP contribution in [0.2, 0.25) is 0 Å². The van der Waals surface area contributed by atoms with E-state index in [-0.39, 0.29) is 17.5 Å². The molecule has 0 aromatic heterocycles. The van der Waals surface area contributed by atoms with Gasteiger partial charge in [-0.3, -0.25) is 4.79 Å². The lowest BCUT2D eigenvalue weighted by molar-refractivity contribution is -0.149. The number of esters is 1. The van der Waals surface area contributed by atoms with Crippen molar-refractivity contribution in [1.29, 1.82) is 0 Å². The molecule has 2 aliphatic rings. The first-order valence-corrected chi connectivity index (χ1v) is 4.30. The van der Waals surface area contributed by atoms with Crippen LogP contribution in [0.3, 0.4) is 0 Å². The molecule has 0 aromatic rings. The van der Waals surface area contributed by atoms with Gasteiger partial charge in [0.1, 0.15) is 6.10 Å². The summed E-state index contributed by atoms with van der Waals surface area (Å²) in [6, 6.07) is 0. The summed E-state index contributed by atoms with van der Waals surface area (Å²) in [5, 5.41) is 0. The zero-order valence-corrected chi connectivity index (χ0v) is 7.26. The quantitative estimate of drug-likeness (QED) is 0.536. The van der Waals surface area contributed by atoms with Gasteiger partial charge < -0.3 is 4.74 Å². The first-order valence-electron chi connectivity index (χ1n) is 4.30. The Kier molecular flexibility index (Phi) is 1.16. The second-order valence-electron chi connectivity index (χ2n) is 4.12. The van der Waals surface area contributed by atoms with Gasteiger partial charge in [0.05, 0.1) is 5.41 Å². The number of hydrogen-bond acceptors (Lipinski definition) is 2. The minimum atomic E-state index is -0.0700. The molecule has 2 rings (SSSR count). The molecule has 2 heteroatoms. The number of carbonyl (C=O) groups is 1. The van der Waals surface area contributed by atoms with E-state index in [2.05, 4.69) is 13.8 Å². The maximum absolute atomic E-state index is 11.4. The van der Waals surface area contributed by atoms with Crippen molar-refractivity contribution in [3.05, 3.63) is 0 Å². The Morgan fingerprint density at radius 3 is 2.45 bits per heavy atom. The second kappa shape index (κ2) is 1.79. The number of ether oxygens (including phenoxy) is 1. The summed E-state index contributed by atoms with van der Waals surface area (Å²) in [6.45, 7) is 6.22. The van der Waals surface area contributed by atoms with Crippen molar-refractivity contribution in [1.82, 2.24) is 0 Å². The molecule has 1 saturated heterocycles. The molecule has 62 valence electrons. The number of cyclic esters (lactones) is 1. The minimum absolute atomic E-state index is 0.0463. The van der Waals surface area contributed by atoms with Crippen LogP contribution in [0.1, 0.15) is 27.2 Å². The van der Waals surface area contributed by atoms with E-state index in [9.17, 15) is 4.79 Å². The summed E-state index contributed by atoms with van der Waals surface area (Å²) >= 11 is 0. The number of rotatable bonds is 1. The zero-order chi connectivity index (χ0) is 8.22. The van der Waals surface area contributed by atoms with Gasteiger partial charge in [-0.15, -0.1) is 0 Å². The fourth-order valence-corrected chi connectivity index (χ4v) is 2.38. The van der Waals surface area contributed by atoms with Crippen molar-refractivity contribution in [3.63, 3.8) is 0 Å². The second-order valence-corrected chi connectivity index (χ2v) is 4.12. The first-order chi connectivity index (χ1) is 5.09. The Bertz CT molecular complexity index is 210. The van der Waals surface area contributed by atoms with Crippen molar-refractivity contribution in [2.45, 2.75) is 33.3 Å².